The second kappa shape index (κ2) is 6.88. The van der Waals surface area contributed by atoms with Crippen molar-refractivity contribution in [1.82, 2.24) is 19.6 Å². The Labute approximate surface area is 154 Å². The van der Waals surface area contributed by atoms with E-state index in [9.17, 15) is 17.6 Å². The van der Waals surface area contributed by atoms with Gasteiger partial charge in [0.2, 0.25) is 5.95 Å². The topological polar surface area (TPSA) is 69.1 Å². The molecule has 2 aromatic heterocycles. The minimum absolute atomic E-state index is 0.00530. The Balaban J connectivity index is 2.21. The van der Waals surface area contributed by atoms with Crippen molar-refractivity contribution in [2.24, 2.45) is 0 Å². The number of alkyl halides is 3. The maximum Gasteiger partial charge on any atom is 0.389 e. The smallest absolute Gasteiger partial charge is 0.366 e. The molecule has 138 valence electrons. The van der Waals surface area contributed by atoms with Gasteiger partial charge in [0.1, 0.15) is 11.0 Å². The number of benzene rings is 1. The quantitative estimate of drug-likeness (QED) is 0.502. The van der Waals surface area contributed by atoms with Crippen LogP contribution in [-0.4, -0.2) is 25.8 Å². The van der Waals surface area contributed by atoms with Gasteiger partial charge >= 0.3 is 6.18 Å². The molecule has 0 bridgehead atoms. The fourth-order valence-corrected chi connectivity index (χ4v) is 3.15. The monoisotopic (exact) mass is 407 g/mol. The number of hydrogen-bond donors (Lipinski definition) is 1. The van der Waals surface area contributed by atoms with E-state index in [1.807, 2.05) is 0 Å². The van der Waals surface area contributed by atoms with Crippen LogP contribution in [0.3, 0.4) is 0 Å². The fraction of sp³-hybridized carbons (Fsp3) is 0.267. The minimum atomic E-state index is -4.33. The number of nitrogens with zero attached hydrogens (tertiary/aromatic N) is 4. The zero-order chi connectivity index (χ0) is 19.1. The van der Waals surface area contributed by atoms with Crippen molar-refractivity contribution in [3.63, 3.8) is 0 Å². The number of hydrogen-bond acceptors (Lipinski definition) is 4. The molecule has 0 aliphatic heterocycles. The second-order valence-corrected chi connectivity index (χ2v) is 6.24. The van der Waals surface area contributed by atoms with Gasteiger partial charge < -0.3 is 5.73 Å². The summed E-state index contributed by atoms with van der Waals surface area (Å²) in [6.45, 7) is 0. The molecule has 26 heavy (non-hydrogen) atoms. The number of fused-ring (bicyclic) bond motifs is 1. The molecule has 1 aromatic carbocycles. The molecule has 3 rings (SSSR count). The van der Waals surface area contributed by atoms with Crippen LogP contribution < -0.4 is 5.73 Å². The number of nitrogens with two attached hydrogens (primary N) is 1. The Bertz CT molecular complexity index is 951. The summed E-state index contributed by atoms with van der Waals surface area (Å²) in [6, 6.07) is 4.00. The first-order valence-corrected chi connectivity index (χ1v) is 8.14. The van der Waals surface area contributed by atoms with E-state index in [-0.39, 0.29) is 51.6 Å². The highest BCUT2D eigenvalue weighted by molar-refractivity contribution is 6.36. The Morgan fingerprint density at radius 2 is 1.85 bits per heavy atom. The summed E-state index contributed by atoms with van der Waals surface area (Å²) in [7, 11) is 0. The number of nitrogen functional groups attached to an aromatic ring is 1. The molecule has 0 fully saturated rings. The van der Waals surface area contributed by atoms with Gasteiger partial charge in [-0.05, 0) is 25.0 Å². The zero-order valence-electron chi connectivity index (χ0n) is 13.0. The molecule has 3 aromatic rings. The standard InChI is InChI=1S/C15H11Cl2F4N5/c16-7-3-1-4-8(18)10(7)11-9(5-2-6-15(19,20)21)26-14(23-12(11)17)24-13(22)25-26/h1,3-4H,2,5-6H2,(H2,22,25). The third kappa shape index (κ3) is 3.68. The Morgan fingerprint density at radius 1 is 1.12 bits per heavy atom. The molecule has 2 heterocycles. The molecule has 0 saturated carbocycles. The van der Waals surface area contributed by atoms with Crippen LogP contribution in [0.15, 0.2) is 18.2 Å². The molecule has 11 heteroatoms. The molecule has 0 spiro atoms. The number of anilines is 1. The Morgan fingerprint density at radius 3 is 2.50 bits per heavy atom. The van der Waals surface area contributed by atoms with Crippen LogP contribution in [0, 0.1) is 5.82 Å². The van der Waals surface area contributed by atoms with Gasteiger partial charge in [0, 0.05) is 17.5 Å². The number of halogens is 6. The van der Waals surface area contributed by atoms with E-state index < -0.39 is 18.4 Å². The van der Waals surface area contributed by atoms with Crippen molar-refractivity contribution in [3.05, 3.63) is 39.9 Å². The first kappa shape index (κ1) is 18.7. The van der Waals surface area contributed by atoms with Crippen molar-refractivity contribution < 1.29 is 17.6 Å². The number of aromatic nitrogens is 4. The Hall–Kier alpha value is -2.13. The molecular weight excluding hydrogens is 397 g/mol. The van der Waals surface area contributed by atoms with Crippen LogP contribution >= 0.6 is 23.2 Å². The highest BCUT2D eigenvalue weighted by Gasteiger charge is 2.28. The number of rotatable bonds is 4. The summed E-state index contributed by atoms with van der Waals surface area (Å²) < 4.78 is 53.2. The summed E-state index contributed by atoms with van der Waals surface area (Å²) in [4.78, 5) is 7.86. The van der Waals surface area contributed by atoms with Gasteiger partial charge in [0.25, 0.3) is 5.78 Å². The van der Waals surface area contributed by atoms with E-state index in [1.54, 1.807) is 0 Å². The van der Waals surface area contributed by atoms with E-state index in [1.165, 1.54) is 12.1 Å². The maximum atomic E-state index is 14.4. The summed E-state index contributed by atoms with van der Waals surface area (Å²) in [6.07, 6.45) is -5.73. The predicted molar refractivity (Wildman–Crippen MR) is 89.6 cm³/mol. The van der Waals surface area contributed by atoms with Gasteiger partial charge in [-0.2, -0.15) is 27.7 Å². The molecule has 2 N–H and O–H groups in total. The first-order valence-electron chi connectivity index (χ1n) is 7.39. The van der Waals surface area contributed by atoms with E-state index >= 15 is 0 Å². The minimum Gasteiger partial charge on any atom is -0.366 e. The van der Waals surface area contributed by atoms with Gasteiger partial charge in [0.15, 0.2) is 0 Å². The third-order valence-electron chi connectivity index (χ3n) is 3.64. The van der Waals surface area contributed by atoms with Crippen LogP contribution in [0.5, 0.6) is 0 Å². The molecule has 0 saturated heterocycles. The highest BCUT2D eigenvalue weighted by atomic mass is 35.5. The van der Waals surface area contributed by atoms with Crippen molar-refractivity contribution >= 4 is 34.9 Å². The molecule has 0 aliphatic carbocycles. The fourth-order valence-electron chi connectivity index (χ4n) is 2.61. The lowest BCUT2D eigenvalue weighted by Gasteiger charge is -2.15. The summed E-state index contributed by atoms with van der Waals surface area (Å²) in [5.74, 6) is -0.821. The van der Waals surface area contributed by atoms with Crippen LogP contribution in [0.1, 0.15) is 18.5 Å². The largest absolute Gasteiger partial charge is 0.389 e. The van der Waals surface area contributed by atoms with E-state index in [4.69, 9.17) is 28.9 Å². The average molecular weight is 408 g/mol. The van der Waals surface area contributed by atoms with Gasteiger partial charge in [-0.3, -0.25) is 0 Å². The van der Waals surface area contributed by atoms with Crippen molar-refractivity contribution in [2.75, 3.05) is 5.73 Å². The molecule has 0 amide bonds. The van der Waals surface area contributed by atoms with E-state index in [0.717, 1.165) is 10.6 Å². The van der Waals surface area contributed by atoms with Crippen LogP contribution in [-0.2, 0) is 6.42 Å². The van der Waals surface area contributed by atoms with Crippen molar-refractivity contribution in [2.45, 2.75) is 25.4 Å². The van der Waals surface area contributed by atoms with Gasteiger partial charge in [-0.15, -0.1) is 5.10 Å². The van der Waals surface area contributed by atoms with Crippen LogP contribution in [0.2, 0.25) is 10.2 Å². The summed E-state index contributed by atoms with van der Waals surface area (Å²) >= 11 is 12.3. The average Bonchev–Trinajstić information content (AvgIpc) is 2.88. The normalized spacial score (nSPS) is 12.1. The van der Waals surface area contributed by atoms with Crippen LogP contribution in [0.4, 0.5) is 23.5 Å². The summed E-state index contributed by atoms with van der Waals surface area (Å²) in [5.41, 5.74) is 5.74. The van der Waals surface area contributed by atoms with Crippen LogP contribution in [0.25, 0.3) is 16.9 Å². The highest BCUT2D eigenvalue weighted by Crippen LogP contribution is 2.38. The predicted octanol–water partition coefficient (Wildman–Crippen LogP) is 4.70. The Kier molecular flexibility index (Phi) is 4.94. The van der Waals surface area contributed by atoms with Gasteiger partial charge in [-0.25, -0.2) is 4.39 Å². The van der Waals surface area contributed by atoms with Crippen molar-refractivity contribution in [3.8, 4) is 11.1 Å². The second-order valence-electron chi connectivity index (χ2n) is 5.47. The van der Waals surface area contributed by atoms with E-state index in [0.29, 0.717) is 0 Å². The molecule has 0 radical (unpaired) electrons. The summed E-state index contributed by atoms with van der Waals surface area (Å²) in [5, 5.41) is 3.82. The van der Waals surface area contributed by atoms with E-state index in [2.05, 4.69) is 15.1 Å². The van der Waals surface area contributed by atoms with Crippen molar-refractivity contribution in [1.29, 1.82) is 0 Å². The molecule has 5 nitrogen and oxygen atoms in total. The first-order chi connectivity index (χ1) is 12.2. The molecule has 0 unspecified atom stereocenters. The molecular formula is C15H11Cl2F4N5. The lowest BCUT2D eigenvalue weighted by atomic mass is 10.0. The SMILES string of the molecule is Nc1nc2nc(Cl)c(-c3c(F)cccc3Cl)c(CCCC(F)(F)F)n2n1. The zero-order valence-corrected chi connectivity index (χ0v) is 14.5. The lowest BCUT2D eigenvalue weighted by Crippen LogP contribution is -2.10. The number of aryl methyl sites for hydroxylation is 1. The lowest BCUT2D eigenvalue weighted by molar-refractivity contribution is -0.135. The van der Waals surface area contributed by atoms with Gasteiger partial charge in [0.05, 0.1) is 10.7 Å². The maximum absolute atomic E-state index is 14.4. The molecule has 0 aliphatic rings. The molecule has 0 atom stereocenters. The van der Waals surface area contributed by atoms with Gasteiger partial charge in [-0.1, -0.05) is 29.3 Å². The third-order valence-corrected chi connectivity index (χ3v) is 4.23.